The van der Waals surface area contributed by atoms with Crippen LogP contribution in [0.15, 0.2) is 24.0 Å². The molecule has 2 aromatic rings. The molecule has 5 heteroatoms. The van der Waals surface area contributed by atoms with Crippen molar-refractivity contribution in [3.63, 3.8) is 0 Å². The minimum atomic E-state index is 0.348. The second kappa shape index (κ2) is 4.03. The molecule has 0 saturated heterocycles. The Hall–Kier alpha value is -1.67. The molecule has 14 heavy (non-hydrogen) atoms. The maximum atomic E-state index is 8.58. The van der Waals surface area contributed by atoms with Crippen LogP contribution in [0.4, 0.5) is 0 Å². The van der Waals surface area contributed by atoms with E-state index in [1.54, 1.807) is 23.7 Å². The van der Waals surface area contributed by atoms with Crippen LogP contribution in [-0.4, -0.2) is 14.5 Å². The number of imidazole rings is 1. The van der Waals surface area contributed by atoms with E-state index < -0.39 is 0 Å². The van der Waals surface area contributed by atoms with Gasteiger partial charge >= 0.3 is 0 Å². The van der Waals surface area contributed by atoms with E-state index in [0.29, 0.717) is 13.0 Å². The minimum Gasteiger partial charge on any atom is -0.321 e. The number of rotatable bonds is 3. The van der Waals surface area contributed by atoms with Crippen LogP contribution in [0.1, 0.15) is 10.8 Å². The Morgan fingerprint density at radius 2 is 2.36 bits per heavy atom. The third-order valence-electron chi connectivity index (χ3n) is 1.84. The van der Waals surface area contributed by atoms with Crippen LogP contribution >= 0.6 is 11.3 Å². The van der Waals surface area contributed by atoms with E-state index in [9.17, 15) is 0 Å². The number of hydrogen-bond acceptors (Lipinski definition) is 4. The van der Waals surface area contributed by atoms with E-state index in [-0.39, 0.29) is 0 Å². The monoisotopic (exact) mass is 204 g/mol. The molecule has 0 amide bonds. The van der Waals surface area contributed by atoms with Crippen molar-refractivity contribution in [1.29, 1.82) is 5.26 Å². The predicted octanol–water partition coefficient (Wildman–Crippen LogP) is 1.45. The van der Waals surface area contributed by atoms with Crippen molar-refractivity contribution >= 4 is 11.3 Å². The van der Waals surface area contributed by atoms with Gasteiger partial charge in [-0.15, -0.1) is 11.3 Å². The molecule has 0 aliphatic carbocycles. The van der Waals surface area contributed by atoms with Crippen molar-refractivity contribution in [3.05, 3.63) is 34.8 Å². The number of nitrogens with zero attached hydrogens (tertiary/aromatic N) is 4. The first-order chi connectivity index (χ1) is 6.90. The van der Waals surface area contributed by atoms with Gasteiger partial charge in [0.05, 0.1) is 17.5 Å². The van der Waals surface area contributed by atoms with Crippen molar-refractivity contribution in [3.8, 4) is 6.07 Å². The summed E-state index contributed by atoms with van der Waals surface area (Å²) in [7, 11) is 0. The number of nitriles is 1. The van der Waals surface area contributed by atoms with E-state index in [1.165, 1.54) is 0 Å². The second-order valence-electron chi connectivity index (χ2n) is 2.73. The first-order valence-electron chi connectivity index (χ1n) is 4.15. The topological polar surface area (TPSA) is 54.5 Å². The smallest absolute Gasteiger partial charge is 0.116 e. The van der Waals surface area contributed by atoms with Crippen LogP contribution in [0, 0.1) is 11.3 Å². The molecular weight excluding hydrogens is 196 g/mol. The van der Waals surface area contributed by atoms with E-state index in [4.69, 9.17) is 5.26 Å². The Morgan fingerprint density at radius 3 is 3.07 bits per heavy atom. The Kier molecular flexibility index (Phi) is 2.56. The summed E-state index contributed by atoms with van der Waals surface area (Å²) in [4.78, 5) is 8.36. The van der Waals surface area contributed by atoms with Crippen LogP contribution in [0.5, 0.6) is 0 Å². The maximum absolute atomic E-state index is 8.58. The summed E-state index contributed by atoms with van der Waals surface area (Å²) in [5.41, 5.74) is 0. The SMILES string of the molecule is N#CCn1ccnc1Cc1nccs1. The lowest BCUT2D eigenvalue weighted by Gasteiger charge is -2.00. The van der Waals surface area contributed by atoms with E-state index in [0.717, 1.165) is 10.8 Å². The summed E-state index contributed by atoms with van der Waals surface area (Å²) >= 11 is 1.60. The molecule has 0 radical (unpaired) electrons. The fourth-order valence-corrected chi connectivity index (χ4v) is 1.82. The van der Waals surface area contributed by atoms with Gasteiger partial charge in [-0.3, -0.25) is 0 Å². The second-order valence-corrected chi connectivity index (χ2v) is 3.71. The molecule has 0 aliphatic rings. The average molecular weight is 204 g/mol. The standard InChI is InChI=1S/C9H8N4S/c10-1-4-13-5-2-11-8(13)7-9-12-3-6-14-9/h2-3,5-6H,4,7H2. The Morgan fingerprint density at radius 1 is 1.43 bits per heavy atom. The lowest BCUT2D eigenvalue weighted by atomic mass is 10.4. The van der Waals surface area contributed by atoms with E-state index in [2.05, 4.69) is 16.0 Å². The zero-order valence-corrected chi connectivity index (χ0v) is 8.24. The van der Waals surface area contributed by atoms with Gasteiger partial charge in [-0.25, -0.2) is 9.97 Å². The average Bonchev–Trinajstić information content (AvgIpc) is 2.80. The molecule has 4 nitrogen and oxygen atoms in total. The molecule has 0 spiro atoms. The normalized spacial score (nSPS) is 9.93. The largest absolute Gasteiger partial charge is 0.321 e. The number of hydrogen-bond donors (Lipinski definition) is 0. The lowest BCUT2D eigenvalue weighted by Crippen LogP contribution is -2.02. The first-order valence-corrected chi connectivity index (χ1v) is 5.03. The van der Waals surface area contributed by atoms with Crippen molar-refractivity contribution in [1.82, 2.24) is 14.5 Å². The van der Waals surface area contributed by atoms with Crippen LogP contribution in [0.3, 0.4) is 0 Å². The summed E-state index contributed by atoms with van der Waals surface area (Å²) in [5, 5.41) is 11.5. The van der Waals surface area contributed by atoms with Crippen LogP contribution in [-0.2, 0) is 13.0 Å². The Balaban J connectivity index is 2.17. The summed E-state index contributed by atoms with van der Waals surface area (Å²) in [6, 6.07) is 2.10. The molecule has 70 valence electrons. The van der Waals surface area contributed by atoms with Gasteiger partial charge in [-0.05, 0) is 0 Å². The summed E-state index contributed by atoms with van der Waals surface area (Å²) in [6.07, 6.45) is 6.00. The molecule has 2 rings (SSSR count). The Labute approximate surface area is 85.5 Å². The van der Waals surface area contributed by atoms with Crippen molar-refractivity contribution < 1.29 is 0 Å². The van der Waals surface area contributed by atoms with Gasteiger partial charge in [0, 0.05) is 24.0 Å². The van der Waals surface area contributed by atoms with Gasteiger partial charge in [0.1, 0.15) is 12.4 Å². The Bertz CT molecular complexity index is 438. The highest BCUT2D eigenvalue weighted by Crippen LogP contribution is 2.10. The van der Waals surface area contributed by atoms with Gasteiger partial charge < -0.3 is 4.57 Å². The zero-order chi connectivity index (χ0) is 9.80. The molecule has 0 aliphatic heterocycles. The summed E-state index contributed by atoms with van der Waals surface area (Å²) in [5.74, 6) is 0.890. The van der Waals surface area contributed by atoms with Crippen molar-refractivity contribution in [2.24, 2.45) is 0 Å². The number of aromatic nitrogens is 3. The highest BCUT2D eigenvalue weighted by Gasteiger charge is 2.04. The molecule has 0 unspecified atom stereocenters. The predicted molar refractivity (Wildman–Crippen MR) is 52.8 cm³/mol. The van der Waals surface area contributed by atoms with Gasteiger partial charge in [0.15, 0.2) is 0 Å². The quantitative estimate of drug-likeness (QED) is 0.760. The molecule has 0 saturated carbocycles. The van der Waals surface area contributed by atoms with Gasteiger partial charge in [-0.1, -0.05) is 0 Å². The molecule has 2 aromatic heterocycles. The van der Waals surface area contributed by atoms with E-state index >= 15 is 0 Å². The first kappa shape index (κ1) is 8.91. The maximum Gasteiger partial charge on any atom is 0.116 e. The molecule has 0 atom stereocenters. The molecule has 0 fully saturated rings. The van der Waals surface area contributed by atoms with Gasteiger partial charge in [-0.2, -0.15) is 5.26 Å². The third-order valence-corrected chi connectivity index (χ3v) is 2.62. The highest BCUT2D eigenvalue weighted by atomic mass is 32.1. The molecule has 2 heterocycles. The fourth-order valence-electron chi connectivity index (χ4n) is 1.20. The van der Waals surface area contributed by atoms with Crippen molar-refractivity contribution in [2.75, 3.05) is 0 Å². The minimum absolute atomic E-state index is 0.348. The molecule has 0 aromatic carbocycles. The van der Waals surface area contributed by atoms with Crippen LogP contribution < -0.4 is 0 Å². The van der Waals surface area contributed by atoms with E-state index in [1.807, 2.05) is 16.1 Å². The fraction of sp³-hybridized carbons (Fsp3) is 0.222. The highest BCUT2D eigenvalue weighted by molar-refractivity contribution is 7.09. The third kappa shape index (κ3) is 1.80. The molecular formula is C9H8N4S. The lowest BCUT2D eigenvalue weighted by molar-refractivity contribution is 0.763. The summed E-state index contributed by atoms with van der Waals surface area (Å²) < 4.78 is 1.83. The molecule has 0 N–H and O–H groups in total. The number of thiazole rings is 1. The van der Waals surface area contributed by atoms with Crippen molar-refractivity contribution in [2.45, 2.75) is 13.0 Å². The van der Waals surface area contributed by atoms with Gasteiger partial charge in [0.25, 0.3) is 0 Å². The zero-order valence-electron chi connectivity index (χ0n) is 7.42. The van der Waals surface area contributed by atoms with Crippen LogP contribution in [0.25, 0.3) is 0 Å². The van der Waals surface area contributed by atoms with Crippen LogP contribution in [0.2, 0.25) is 0 Å². The molecule has 0 bridgehead atoms. The summed E-state index contributed by atoms with van der Waals surface area (Å²) in [6.45, 7) is 0.348. The van der Waals surface area contributed by atoms with Gasteiger partial charge in [0.2, 0.25) is 0 Å².